The Hall–Kier alpha value is -1.54. The lowest BCUT2D eigenvalue weighted by Gasteiger charge is -2.13. The van der Waals surface area contributed by atoms with E-state index in [9.17, 15) is 18.0 Å². The largest absolute Gasteiger partial charge is 0.435 e. The number of carbonyl (C=O) groups excluding carboxylic acids is 1. The molecular formula is C15H15ClF3N3OS. The van der Waals surface area contributed by atoms with E-state index in [1.807, 2.05) is 0 Å². The van der Waals surface area contributed by atoms with Crippen LogP contribution in [0, 0.1) is 0 Å². The quantitative estimate of drug-likeness (QED) is 0.708. The van der Waals surface area contributed by atoms with Gasteiger partial charge in [0.05, 0.1) is 21.5 Å². The predicted molar refractivity (Wildman–Crippen MR) is 86.0 cm³/mol. The molecule has 0 atom stereocenters. The summed E-state index contributed by atoms with van der Waals surface area (Å²) in [6, 6.07) is 4.23. The van der Waals surface area contributed by atoms with Crippen LogP contribution in [0.15, 0.2) is 18.2 Å². The maximum Gasteiger partial charge on any atom is 0.435 e. The SMILES string of the molecule is CN(Cl)C(=O)c1ccc(-c2cc(C(F)(F)F)nn2C2CCCC2)s1. The number of hydrogen-bond acceptors (Lipinski definition) is 3. The molecule has 130 valence electrons. The third-order valence-corrected chi connectivity index (χ3v) is 5.30. The minimum Gasteiger partial charge on any atom is -0.267 e. The fourth-order valence-electron chi connectivity index (χ4n) is 2.89. The van der Waals surface area contributed by atoms with Crippen molar-refractivity contribution in [3.63, 3.8) is 0 Å². The fourth-order valence-corrected chi connectivity index (χ4v) is 4.02. The highest BCUT2D eigenvalue weighted by molar-refractivity contribution is 7.17. The average Bonchev–Trinajstić information content (AvgIpc) is 3.23. The molecule has 1 amide bonds. The number of alkyl halides is 3. The second kappa shape index (κ2) is 6.40. The first kappa shape index (κ1) is 17.3. The number of nitrogens with zero attached hydrogens (tertiary/aromatic N) is 3. The van der Waals surface area contributed by atoms with Crippen molar-refractivity contribution in [2.45, 2.75) is 37.9 Å². The van der Waals surface area contributed by atoms with Crippen LogP contribution >= 0.6 is 23.1 Å². The first-order chi connectivity index (χ1) is 11.3. The molecule has 0 saturated heterocycles. The molecule has 2 aromatic heterocycles. The molecule has 0 aliphatic heterocycles. The van der Waals surface area contributed by atoms with Gasteiger partial charge in [0.15, 0.2) is 5.69 Å². The smallest absolute Gasteiger partial charge is 0.267 e. The van der Waals surface area contributed by atoms with Gasteiger partial charge in [0.25, 0.3) is 5.91 Å². The molecule has 0 bridgehead atoms. The van der Waals surface area contributed by atoms with Gasteiger partial charge in [-0.25, -0.2) is 0 Å². The van der Waals surface area contributed by atoms with E-state index in [-0.39, 0.29) is 6.04 Å². The number of aromatic nitrogens is 2. The fraction of sp³-hybridized carbons (Fsp3) is 0.467. The molecular weight excluding hydrogens is 363 g/mol. The number of amides is 1. The first-order valence-electron chi connectivity index (χ1n) is 7.48. The number of thiophene rings is 1. The molecule has 24 heavy (non-hydrogen) atoms. The molecule has 2 aromatic rings. The number of hydrogen-bond donors (Lipinski definition) is 0. The Morgan fingerprint density at radius 2 is 2.04 bits per heavy atom. The summed E-state index contributed by atoms with van der Waals surface area (Å²) in [5.74, 6) is -0.393. The summed E-state index contributed by atoms with van der Waals surface area (Å²) >= 11 is 6.76. The zero-order chi connectivity index (χ0) is 17.5. The van der Waals surface area contributed by atoms with Crippen molar-refractivity contribution in [1.82, 2.24) is 14.2 Å². The third-order valence-electron chi connectivity index (χ3n) is 4.05. The van der Waals surface area contributed by atoms with Crippen LogP contribution in [0.3, 0.4) is 0 Å². The monoisotopic (exact) mass is 377 g/mol. The summed E-state index contributed by atoms with van der Waals surface area (Å²) in [5, 5.41) is 3.81. The van der Waals surface area contributed by atoms with E-state index in [2.05, 4.69) is 5.10 Å². The van der Waals surface area contributed by atoms with E-state index < -0.39 is 17.8 Å². The van der Waals surface area contributed by atoms with Gasteiger partial charge in [-0.3, -0.25) is 13.9 Å². The van der Waals surface area contributed by atoms with E-state index in [4.69, 9.17) is 11.8 Å². The molecule has 2 heterocycles. The van der Waals surface area contributed by atoms with Gasteiger partial charge in [-0.15, -0.1) is 11.3 Å². The lowest BCUT2D eigenvalue weighted by atomic mass is 10.2. The highest BCUT2D eigenvalue weighted by Crippen LogP contribution is 2.39. The normalized spacial score (nSPS) is 15.9. The molecule has 1 aliphatic carbocycles. The van der Waals surface area contributed by atoms with Gasteiger partial charge in [-0.05, 0) is 31.0 Å². The summed E-state index contributed by atoms with van der Waals surface area (Å²) in [4.78, 5) is 12.8. The first-order valence-corrected chi connectivity index (χ1v) is 8.63. The third kappa shape index (κ3) is 3.30. The minimum atomic E-state index is -4.50. The number of carbonyl (C=O) groups is 1. The molecule has 1 saturated carbocycles. The van der Waals surface area contributed by atoms with Crippen LogP contribution in [0.5, 0.6) is 0 Å². The Balaban J connectivity index is 2.03. The highest BCUT2D eigenvalue weighted by atomic mass is 35.5. The molecule has 1 fully saturated rings. The van der Waals surface area contributed by atoms with Crippen molar-refractivity contribution < 1.29 is 18.0 Å². The van der Waals surface area contributed by atoms with E-state index in [1.165, 1.54) is 11.7 Å². The van der Waals surface area contributed by atoms with Crippen molar-refractivity contribution >= 4 is 29.0 Å². The van der Waals surface area contributed by atoms with Crippen molar-refractivity contribution in [1.29, 1.82) is 0 Å². The minimum absolute atomic E-state index is 0.0342. The lowest BCUT2D eigenvalue weighted by molar-refractivity contribution is -0.141. The average molecular weight is 378 g/mol. The van der Waals surface area contributed by atoms with Gasteiger partial charge in [-0.1, -0.05) is 12.8 Å². The molecule has 0 radical (unpaired) electrons. The van der Waals surface area contributed by atoms with E-state index in [1.54, 1.807) is 12.1 Å². The summed E-state index contributed by atoms with van der Waals surface area (Å²) in [6.07, 6.45) is -0.904. The lowest BCUT2D eigenvalue weighted by Crippen LogP contribution is -2.14. The zero-order valence-electron chi connectivity index (χ0n) is 12.8. The Bertz CT molecular complexity index is 747. The van der Waals surface area contributed by atoms with Gasteiger partial charge in [0.1, 0.15) is 0 Å². The maximum absolute atomic E-state index is 13.1. The van der Waals surface area contributed by atoms with Crippen molar-refractivity contribution in [2.24, 2.45) is 0 Å². The highest BCUT2D eigenvalue weighted by Gasteiger charge is 2.36. The van der Waals surface area contributed by atoms with Gasteiger partial charge in [0.2, 0.25) is 0 Å². The van der Waals surface area contributed by atoms with Crippen LogP contribution in [-0.2, 0) is 6.18 Å². The number of rotatable bonds is 3. The molecule has 0 N–H and O–H groups in total. The van der Waals surface area contributed by atoms with Crippen LogP contribution in [0.25, 0.3) is 10.6 Å². The zero-order valence-corrected chi connectivity index (χ0v) is 14.4. The standard InChI is InChI=1S/C15H15ClF3N3OS/c1-21(16)14(23)12-7-6-11(24-12)10-8-13(15(17,18)19)20-22(10)9-4-2-3-5-9/h6-9H,2-5H2,1H3. The summed E-state index contributed by atoms with van der Waals surface area (Å²) in [5.41, 5.74) is -0.504. The van der Waals surface area contributed by atoms with Crippen LogP contribution < -0.4 is 0 Å². The van der Waals surface area contributed by atoms with E-state index in [0.29, 0.717) is 15.4 Å². The molecule has 9 heteroatoms. The van der Waals surface area contributed by atoms with Gasteiger partial charge < -0.3 is 0 Å². The molecule has 0 aromatic carbocycles. The van der Waals surface area contributed by atoms with Gasteiger partial charge in [-0.2, -0.15) is 18.3 Å². The number of halogens is 4. The molecule has 1 aliphatic rings. The maximum atomic E-state index is 13.1. The summed E-state index contributed by atoms with van der Waals surface area (Å²) < 4.78 is 41.6. The molecule has 4 nitrogen and oxygen atoms in total. The Labute approximate surface area is 145 Å². The van der Waals surface area contributed by atoms with Crippen LogP contribution in [0.2, 0.25) is 0 Å². The van der Waals surface area contributed by atoms with Crippen molar-refractivity contribution in [3.05, 3.63) is 28.8 Å². The van der Waals surface area contributed by atoms with Crippen LogP contribution in [0.1, 0.15) is 47.1 Å². The Morgan fingerprint density at radius 3 is 2.62 bits per heavy atom. The van der Waals surface area contributed by atoms with Crippen molar-refractivity contribution in [2.75, 3.05) is 7.05 Å². The second-order valence-electron chi connectivity index (χ2n) is 5.74. The van der Waals surface area contributed by atoms with E-state index >= 15 is 0 Å². The predicted octanol–water partition coefficient (Wildman–Crippen LogP) is 4.97. The van der Waals surface area contributed by atoms with Crippen LogP contribution in [-0.4, -0.2) is 27.2 Å². The van der Waals surface area contributed by atoms with Crippen LogP contribution in [0.4, 0.5) is 13.2 Å². The summed E-state index contributed by atoms with van der Waals surface area (Å²) in [7, 11) is 1.41. The topological polar surface area (TPSA) is 38.1 Å². The van der Waals surface area contributed by atoms with Gasteiger partial charge in [0, 0.05) is 18.8 Å². The van der Waals surface area contributed by atoms with Crippen molar-refractivity contribution in [3.8, 4) is 10.6 Å². The second-order valence-corrected chi connectivity index (χ2v) is 7.33. The Morgan fingerprint density at radius 1 is 1.38 bits per heavy atom. The molecule has 3 rings (SSSR count). The van der Waals surface area contributed by atoms with Gasteiger partial charge >= 0.3 is 6.18 Å². The Kier molecular flexibility index (Phi) is 4.61. The molecule has 0 unspecified atom stereocenters. The molecule has 0 spiro atoms. The summed E-state index contributed by atoms with van der Waals surface area (Å²) in [6.45, 7) is 0. The van der Waals surface area contributed by atoms with E-state index in [0.717, 1.165) is 47.5 Å².